The van der Waals surface area contributed by atoms with Crippen molar-refractivity contribution in [2.24, 2.45) is 10.9 Å². The topological polar surface area (TPSA) is 53.7 Å². The van der Waals surface area contributed by atoms with Gasteiger partial charge in [-0.25, -0.2) is 0 Å². The third-order valence-corrected chi connectivity index (χ3v) is 5.66. The third-order valence-electron chi connectivity index (χ3n) is 4.42. The molecule has 7 heteroatoms. The number of hydrogen-bond acceptors (Lipinski definition) is 4. The van der Waals surface area contributed by atoms with Crippen LogP contribution in [0, 0.1) is 5.92 Å². The smallest absolute Gasteiger partial charge is 0.194 e. The number of hydrogen-bond donors (Lipinski definition) is 1. The lowest BCUT2D eigenvalue weighted by Crippen LogP contribution is -2.39. The Labute approximate surface area is 177 Å². The minimum absolute atomic E-state index is 0. The van der Waals surface area contributed by atoms with E-state index in [9.17, 15) is 0 Å². The standard InChI is InChI=1S/C19H26N4OS.HI/c1-3-16-11-17(24-22-16)12-21-19(20-2)23-10-9-15(13-23)14-25-18-7-5-4-6-8-18;/h4-8,11,15H,3,9-10,12-14H2,1-2H3,(H,20,21);1H. The Bertz CT molecular complexity index is 692. The third kappa shape index (κ3) is 5.90. The Morgan fingerprint density at radius 1 is 1.38 bits per heavy atom. The van der Waals surface area contributed by atoms with E-state index in [0.717, 1.165) is 42.7 Å². The van der Waals surface area contributed by atoms with Crippen molar-refractivity contribution in [2.75, 3.05) is 25.9 Å². The summed E-state index contributed by atoms with van der Waals surface area (Å²) in [6.45, 7) is 4.80. The van der Waals surface area contributed by atoms with E-state index in [1.165, 1.54) is 11.3 Å². The Hall–Kier alpha value is -1.22. The maximum atomic E-state index is 5.33. The van der Waals surface area contributed by atoms with Crippen LogP contribution in [-0.4, -0.2) is 41.9 Å². The van der Waals surface area contributed by atoms with Gasteiger partial charge in [-0.1, -0.05) is 30.3 Å². The normalized spacial score (nSPS) is 17.2. The minimum atomic E-state index is 0. The second kappa shape index (κ2) is 10.8. The van der Waals surface area contributed by atoms with Crippen molar-refractivity contribution in [1.82, 2.24) is 15.4 Å². The van der Waals surface area contributed by atoms with Crippen LogP contribution in [0.1, 0.15) is 24.8 Å². The Kier molecular flexibility index (Phi) is 8.77. The molecule has 0 saturated carbocycles. The zero-order chi connectivity index (χ0) is 17.5. The molecule has 5 nitrogen and oxygen atoms in total. The number of guanidine groups is 1. The molecule has 1 aliphatic rings. The lowest BCUT2D eigenvalue weighted by atomic mass is 10.2. The molecular weight excluding hydrogens is 459 g/mol. The Morgan fingerprint density at radius 2 is 2.19 bits per heavy atom. The highest BCUT2D eigenvalue weighted by Gasteiger charge is 2.25. The van der Waals surface area contributed by atoms with Crippen molar-refractivity contribution in [3.05, 3.63) is 47.9 Å². The summed E-state index contributed by atoms with van der Waals surface area (Å²) in [5.74, 6) is 3.65. The van der Waals surface area contributed by atoms with E-state index >= 15 is 0 Å². The van der Waals surface area contributed by atoms with Gasteiger partial charge in [0.2, 0.25) is 0 Å². The SMILES string of the molecule is CCc1cc(CNC(=NC)N2CCC(CSc3ccccc3)C2)on1.I. The minimum Gasteiger partial charge on any atom is -0.359 e. The van der Waals surface area contributed by atoms with Crippen LogP contribution >= 0.6 is 35.7 Å². The van der Waals surface area contributed by atoms with E-state index in [2.05, 4.69) is 57.6 Å². The van der Waals surface area contributed by atoms with Crippen LogP contribution in [0.15, 0.2) is 50.8 Å². The summed E-state index contributed by atoms with van der Waals surface area (Å²) in [6.07, 6.45) is 2.11. The molecule has 0 radical (unpaired) electrons. The van der Waals surface area contributed by atoms with Gasteiger partial charge in [0, 0.05) is 36.9 Å². The van der Waals surface area contributed by atoms with Gasteiger partial charge in [0.05, 0.1) is 12.2 Å². The maximum absolute atomic E-state index is 5.33. The lowest BCUT2D eigenvalue weighted by Gasteiger charge is -2.21. The van der Waals surface area contributed by atoms with Crippen LogP contribution in [0.4, 0.5) is 0 Å². The van der Waals surface area contributed by atoms with Crippen molar-refractivity contribution in [1.29, 1.82) is 0 Å². The Balaban J connectivity index is 0.00000243. The average Bonchev–Trinajstić information content (AvgIpc) is 3.31. The summed E-state index contributed by atoms with van der Waals surface area (Å²) >= 11 is 1.94. The number of aromatic nitrogens is 1. The van der Waals surface area contributed by atoms with Crippen LogP contribution in [-0.2, 0) is 13.0 Å². The zero-order valence-corrected chi connectivity index (χ0v) is 18.5. The summed E-state index contributed by atoms with van der Waals surface area (Å²) in [6, 6.07) is 12.6. The zero-order valence-electron chi connectivity index (χ0n) is 15.4. The van der Waals surface area contributed by atoms with Crippen LogP contribution in [0.3, 0.4) is 0 Å². The molecule has 1 atom stereocenters. The molecule has 3 rings (SSSR count). The van der Waals surface area contributed by atoms with Gasteiger partial charge in [0.1, 0.15) is 0 Å². The molecule has 1 aromatic heterocycles. The highest BCUT2D eigenvalue weighted by Crippen LogP contribution is 2.25. The van der Waals surface area contributed by atoms with Crippen molar-refractivity contribution in [3.8, 4) is 0 Å². The fourth-order valence-electron chi connectivity index (χ4n) is 3.00. The van der Waals surface area contributed by atoms with E-state index in [1.54, 1.807) is 0 Å². The molecule has 1 aromatic carbocycles. The van der Waals surface area contributed by atoms with Gasteiger partial charge in [-0.2, -0.15) is 0 Å². The second-order valence-electron chi connectivity index (χ2n) is 6.26. The van der Waals surface area contributed by atoms with Gasteiger partial charge < -0.3 is 14.7 Å². The highest BCUT2D eigenvalue weighted by atomic mass is 127. The van der Waals surface area contributed by atoms with Crippen molar-refractivity contribution in [3.63, 3.8) is 0 Å². The van der Waals surface area contributed by atoms with Crippen molar-refractivity contribution in [2.45, 2.75) is 31.2 Å². The molecule has 1 unspecified atom stereocenters. The second-order valence-corrected chi connectivity index (χ2v) is 7.36. The number of benzene rings is 1. The summed E-state index contributed by atoms with van der Waals surface area (Å²) in [5, 5.41) is 7.42. The molecule has 2 aromatic rings. The summed E-state index contributed by atoms with van der Waals surface area (Å²) in [5.41, 5.74) is 0.992. The number of thioether (sulfide) groups is 1. The molecule has 1 fully saturated rings. The van der Waals surface area contributed by atoms with E-state index in [0.29, 0.717) is 12.5 Å². The summed E-state index contributed by atoms with van der Waals surface area (Å²) in [7, 11) is 1.84. The van der Waals surface area contributed by atoms with Crippen LogP contribution in [0.25, 0.3) is 0 Å². The average molecular weight is 486 g/mol. The number of nitrogens with zero attached hydrogens (tertiary/aromatic N) is 3. The van der Waals surface area contributed by atoms with Crippen molar-refractivity contribution < 1.29 is 4.52 Å². The predicted molar refractivity (Wildman–Crippen MR) is 118 cm³/mol. The Morgan fingerprint density at radius 3 is 2.88 bits per heavy atom. The lowest BCUT2D eigenvalue weighted by molar-refractivity contribution is 0.371. The number of nitrogens with one attached hydrogen (secondary N) is 1. The predicted octanol–water partition coefficient (Wildman–Crippen LogP) is 4.04. The molecule has 1 saturated heterocycles. The first-order valence-corrected chi connectivity index (χ1v) is 9.85. The van der Waals surface area contributed by atoms with Crippen LogP contribution < -0.4 is 5.32 Å². The number of aliphatic imine (C=N–C) groups is 1. The van der Waals surface area contributed by atoms with E-state index in [1.807, 2.05) is 24.9 Å². The largest absolute Gasteiger partial charge is 0.359 e. The quantitative estimate of drug-likeness (QED) is 0.289. The van der Waals surface area contributed by atoms with Gasteiger partial charge in [0.25, 0.3) is 0 Å². The van der Waals surface area contributed by atoms with E-state index in [4.69, 9.17) is 4.52 Å². The first kappa shape index (κ1) is 21.1. The van der Waals surface area contributed by atoms with Crippen molar-refractivity contribution >= 4 is 41.7 Å². The number of rotatable bonds is 6. The monoisotopic (exact) mass is 486 g/mol. The molecule has 2 heterocycles. The summed E-state index contributed by atoms with van der Waals surface area (Å²) < 4.78 is 5.33. The number of halogens is 1. The van der Waals surface area contributed by atoms with Gasteiger partial charge in [0.15, 0.2) is 11.7 Å². The first-order chi connectivity index (χ1) is 12.3. The molecule has 1 N–H and O–H groups in total. The van der Waals surface area contributed by atoms with E-state index in [-0.39, 0.29) is 24.0 Å². The molecule has 0 spiro atoms. The highest BCUT2D eigenvalue weighted by molar-refractivity contribution is 14.0. The molecular formula is C19H27IN4OS. The molecule has 0 bridgehead atoms. The van der Waals surface area contributed by atoms with Crippen LogP contribution in [0.5, 0.6) is 0 Å². The molecule has 0 amide bonds. The first-order valence-electron chi connectivity index (χ1n) is 8.86. The molecule has 1 aliphatic heterocycles. The van der Waals surface area contributed by atoms with Gasteiger partial charge in [-0.05, 0) is 30.9 Å². The number of aryl methyl sites for hydroxylation is 1. The fraction of sp³-hybridized carbons (Fsp3) is 0.474. The molecule has 142 valence electrons. The molecule has 0 aliphatic carbocycles. The fourth-order valence-corrected chi connectivity index (χ4v) is 4.05. The van der Waals surface area contributed by atoms with Crippen LogP contribution in [0.2, 0.25) is 0 Å². The van der Waals surface area contributed by atoms with Gasteiger partial charge in [-0.3, -0.25) is 4.99 Å². The maximum Gasteiger partial charge on any atom is 0.194 e. The summed E-state index contributed by atoms with van der Waals surface area (Å²) in [4.78, 5) is 8.12. The number of likely N-dealkylation sites (tertiary alicyclic amines) is 1. The van der Waals surface area contributed by atoms with Gasteiger partial charge in [-0.15, -0.1) is 35.7 Å². The van der Waals surface area contributed by atoms with E-state index < -0.39 is 0 Å². The molecule has 26 heavy (non-hydrogen) atoms. The van der Waals surface area contributed by atoms with Gasteiger partial charge >= 0.3 is 0 Å².